The van der Waals surface area contributed by atoms with Gasteiger partial charge in [0.1, 0.15) is 12.3 Å². The molecule has 0 aromatic carbocycles. The van der Waals surface area contributed by atoms with Crippen LogP contribution in [0.25, 0.3) is 11.3 Å². The first-order valence-electron chi connectivity index (χ1n) is 5.68. The summed E-state index contributed by atoms with van der Waals surface area (Å²) in [5, 5.41) is 20.2. The van der Waals surface area contributed by atoms with Gasteiger partial charge in [0.15, 0.2) is 11.5 Å². The molecule has 0 bridgehead atoms. The molecule has 9 nitrogen and oxygen atoms in total. The van der Waals surface area contributed by atoms with E-state index in [1.165, 1.54) is 11.8 Å². The topological polar surface area (TPSA) is 107 Å². The summed E-state index contributed by atoms with van der Waals surface area (Å²) in [6.45, 7) is -0.331. The number of hydrogen-bond acceptors (Lipinski definition) is 7. The van der Waals surface area contributed by atoms with Crippen LogP contribution in [-0.2, 0) is 11.3 Å². The average Bonchev–Trinajstić information content (AvgIpc) is 3.13. The average molecular weight is 274 g/mol. The van der Waals surface area contributed by atoms with Gasteiger partial charge < -0.3 is 14.2 Å². The Hall–Kier alpha value is -2.81. The first-order valence-corrected chi connectivity index (χ1v) is 5.68. The summed E-state index contributed by atoms with van der Waals surface area (Å²) in [5.74, 6) is -0.239. The quantitative estimate of drug-likeness (QED) is 0.647. The van der Waals surface area contributed by atoms with Crippen LogP contribution in [0.15, 0.2) is 24.7 Å². The summed E-state index contributed by atoms with van der Waals surface area (Å²) in [5.41, 5.74) is 1.36. The molecule has 3 heterocycles. The number of ether oxygens (including phenoxy) is 1. The molecule has 102 valence electrons. The van der Waals surface area contributed by atoms with Gasteiger partial charge in [-0.3, -0.25) is 0 Å². The zero-order chi connectivity index (χ0) is 14.1. The highest BCUT2D eigenvalue weighted by Crippen LogP contribution is 2.17. The van der Waals surface area contributed by atoms with E-state index in [0.29, 0.717) is 16.9 Å². The molecule has 0 radical (unpaired) electrons. The molecule has 0 saturated heterocycles. The number of methoxy groups -OCH3 is 1. The van der Waals surface area contributed by atoms with Gasteiger partial charge in [0.25, 0.3) is 0 Å². The third-order valence-electron chi connectivity index (χ3n) is 2.79. The van der Waals surface area contributed by atoms with E-state index in [2.05, 4.69) is 20.5 Å². The highest BCUT2D eigenvalue weighted by molar-refractivity contribution is 5.90. The maximum absolute atomic E-state index is 11.7. The lowest BCUT2D eigenvalue weighted by atomic mass is 10.2. The van der Waals surface area contributed by atoms with Crippen LogP contribution in [0.3, 0.4) is 0 Å². The number of pyridine rings is 1. The molecular formula is C11H10N6O3. The summed E-state index contributed by atoms with van der Waals surface area (Å²) in [4.78, 5) is 15.9. The molecule has 0 saturated carbocycles. The Morgan fingerprint density at radius 3 is 3.10 bits per heavy atom. The molecule has 3 aromatic heterocycles. The SMILES string of the molecule is COC(=O)c1cc(-n2nnnc2CO)c2nccn2c1. The lowest BCUT2D eigenvalue weighted by Crippen LogP contribution is -2.09. The number of imidazole rings is 1. The van der Waals surface area contributed by atoms with Gasteiger partial charge >= 0.3 is 5.97 Å². The first kappa shape index (κ1) is 12.2. The normalized spacial score (nSPS) is 10.9. The molecule has 0 aliphatic heterocycles. The number of carbonyl (C=O) groups is 1. The number of aliphatic hydroxyl groups is 1. The Balaban J connectivity index is 2.28. The number of aromatic nitrogens is 6. The fourth-order valence-electron chi connectivity index (χ4n) is 1.89. The molecule has 0 aliphatic carbocycles. The molecule has 1 N–H and O–H groups in total. The van der Waals surface area contributed by atoms with Crippen molar-refractivity contribution in [3.63, 3.8) is 0 Å². The lowest BCUT2D eigenvalue weighted by Gasteiger charge is -2.07. The largest absolute Gasteiger partial charge is 0.465 e. The number of tetrazole rings is 1. The second-order valence-electron chi connectivity index (χ2n) is 3.93. The van der Waals surface area contributed by atoms with Crippen LogP contribution in [0, 0.1) is 0 Å². The molecule has 3 aromatic rings. The zero-order valence-corrected chi connectivity index (χ0v) is 10.5. The van der Waals surface area contributed by atoms with Crippen LogP contribution in [0.2, 0.25) is 0 Å². The maximum atomic E-state index is 11.7. The van der Waals surface area contributed by atoms with Crippen molar-refractivity contribution in [3.8, 4) is 5.69 Å². The molecule has 3 rings (SSSR count). The van der Waals surface area contributed by atoms with Crippen molar-refractivity contribution in [1.82, 2.24) is 29.6 Å². The van der Waals surface area contributed by atoms with Gasteiger partial charge in [-0.15, -0.1) is 5.10 Å². The number of nitrogens with zero attached hydrogens (tertiary/aromatic N) is 6. The van der Waals surface area contributed by atoms with Crippen molar-refractivity contribution in [3.05, 3.63) is 36.0 Å². The minimum Gasteiger partial charge on any atom is -0.465 e. The van der Waals surface area contributed by atoms with Gasteiger partial charge in [-0.1, -0.05) is 0 Å². The molecule has 0 aliphatic rings. The molecule has 0 amide bonds. The van der Waals surface area contributed by atoms with E-state index in [-0.39, 0.29) is 12.4 Å². The Morgan fingerprint density at radius 2 is 2.35 bits per heavy atom. The fraction of sp³-hybridized carbons (Fsp3) is 0.182. The molecule has 0 spiro atoms. The Bertz CT molecular complexity index is 777. The minimum atomic E-state index is -0.486. The van der Waals surface area contributed by atoms with Gasteiger partial charge in [-0.2, -0.15) is 4.68 Å². The second kappa shape index (κ2) is 4.70. The van der Waals surface area contributed by atoms with E-state index in [4.69, 9.17) is 4.74 Å². The maximum Gasteiger partial charge on any atom is 0.339 e. The van der Waals surface area contributed by atoms with E-state index in [9.17, 15) is 9.90 Å². The number of fused-ring (bicyclic) bond motifs is 1. The molecule has 0 atom stereocenters. The van der Waals surface area contributed by atoms with Gasteiger partial charge in [0, 0.05) is 18.6 Å². The van der Waals surface area contributed by atoms with Crippen molar-refractivity contribution in [2.24, 2.45) is 0 Å². The monoisotopic (exact) mass is 274 g/mol. The smallest absolute Gasteiger partial charge is 0.339 e. The summed E-state index contributed by atoms with van der Waals surface area (Å²) in [6.07, 6.45) is 4.87. The van der Waals surface area contributed by atoms with Crippen LogP contribution >= 0.6 is 0 Å². The van der Waals surface area contributed by atoms with Crippen molar-refractivity contribution in [2.45, 2.75) is 6.61 Å². The molecule has 20 heavy (non-hydrogen) atoms. The summed E-state index contributed by atoms with van der Waals surface area (Å²) in [7, 11) is 1.30. The fourth-order valence-corrected chi connectivity index (χ4v) is 1.89. The van der Waals surface area contributed by atoms with Crippen molar-refractivity contribution in [2.75, 3.05) is 7.11 Å². The van der Waals surface area contributed by atoms with Crippen LogP contribution < -0.4 is 0 Å². The van der Waals surface area contributed by atoms with Gasteiger partial charge in [0.05, 0.1) is 12.7 Å². The molecular weight excluding hydrogens is 264 g/mol. The third kappa shape index (κ3) is 1.80. The number of esters is 1. The minimum absolute atomic E-state index is 0.247. The first-order chi connectivity index (χ1) is 9.74. The van der Waals surface area contributed by atoms with Crippen LogP contribution in [0.4, 0.5) is 0 Å². The predicted molar refractivity (Wildman–Crippen MR) is 65.2 cm³/mol. The summed E-state index contributed by atoms with van der Waals surface area (Å²) >= 11 is 0. The van der Waals surface area contributed by atoms with E-state index in [1.54, 1.807) is 29.1 Å². The van der Waals surface area contributed by atoms with Crippen LogP contribution in [-0.4, -0.2) is 47.8 Å². The third-order valence-corrected chi connectivity index (χ3v) is 2.79. The Labute approximate surface area is 112 Å². The standard InChI is InChI=1S/C11H10N6O3/c1-20-11(19)7-4-8(10-12-2-3-16(10)5-7)17-9(6-18)13-14-15-17/h2-5,18H,6H2,1H3. The number of aliphatic hydroxyl groups excluding tert-OH is 1. The number of rotatable bonds is 3. The second-order valence-corrected chi connectivity index (χ2v) is 3.93. The number of carbonyl (C=O) groups excluding carboxylic acids is 1. The lowest BCUT2D eigenvalue weighted by molar-refractivity contribution is 0.0600. The summed E-state index contributed by atoms with van der Waals surface area (Å²) < 4.78 is 7.69. The highest BCUT2D eigenvalue weighted by atomic mass is 16.5. The Kier molecular flexibility index (Phi) is 2.88. The zero-order valence-electron chi connectivity index (χ0n) is 10.5. The summed E-state index contributed by atoms with van der Waals surface area (Å²) in [6, 6.07) is 1.56. The van der Waals surface area contributed by atoms with Crippen LogP contribution in [0.5, 0.6) is 0 Å². The number of hydrogen-bond donors (Lipinski definition) is 1. The van der Waals surface area contributed by atoms with Crippen molar-refractivity contribution >= 4 is 11.6 Å². The van der Waals surface area contributed by atoms with E-state index in [0.717, 1.165) is 0 Å². The van der Waals surface area contributed by atoms with E-state index < -0.39 is 5.97 Å². The van der Waals surface area contributed by atoms with Gasteiger partial charge in [-0.25, -0.2) is 9.78 Å². The highest BCUT2D eigenvalue weighted by Gasteiger charge is 2.16. The van der Waals surface area contributed by atoms with Crippen molar-refractivity contribution in [1.29, 1.82) is 0 Å². The molecule has 0 unspecified atom stereocenters. The van der Waals surface area contributed by atoms with E-state index in [1.807, 2.05) is 0 Å². The van der Waals surface area contributed by atoms with Gasteiger partial charge in [0.2, 0.25) is 0 Å². The van der Waals surface area contributed by atoms with Crippen molar-refractivity contribution < 1.29 is 14.6 Å². The molecule has 9 heteroatoms. The molecule has 0 fully saturated rings. The van der Waals surface area contributed by atoms with Gasteiger partial charge in [-0.05, 0) is 16.5 Å². The Morgan fingerprint density at radius 1 is 1.50 bits per heavy atom. The predicted octanol–water partition coefficient (Wildman–Crippen LogP) is -0.411. The van der Waals surface area contributed by atoms with Crippen LogP contribution in [0.1, 0.15) is 16.2 Å². The van der Waals surface area contributed by atoms with E-state index >= 15 is 0 Å².